The van der Waals surface area contributed by atoms with Crippen LogP contribution in [0.15, 0.2) is 22.8 Å². The molecule has 3 heterocycles. The minimum atomic E-state index is 0.0636. The first kappa shape index (κ1) is 13.1. The highest BCUT2D eigenvalue weighted by Gasteiger charge is 2.45. The molecular formula is C14H18BrN3O. The molecule has 3 rings (SSSR count). The summed E-state index contributed by atoms with van der Waals surface area (Å²) >= 11 is 3.42. The molecule has 5 heteroatoms. The van der Waals surface area contributed by atoms with Crippen molar-refractivity contribution in [2.24, 2.45) is 11.8 Å². The Kier molecular flexibility index (Phi) is 3.58. The second-order valence-electron chi connectivity index (χ2n) is 5.35. The molecule has 4 nitrogen and oxygen atoms in total. The smallest absolute Gasteiger partial charge is 0.273 e. The van der Waals surface area contributed by atoms with Gasteiger partial charge in [0.15, 0.2) is 0 Å². The van der Waals surface area contributed by atoms with Crippen LogP contribution in [0.25, 0.3) is 0 Å². The Bertz CT molecular complexity index is 493. The van der Waals surface area contributed by atoms with E-state index in [2.05, 4.69) is 33.2 Å². The number of nitrogens with one attached hydrogen (secondary N) is 1. The van der Waals surface area contributed by atoms with Gasteiger partial charge in [0.2, 0.25) is 0 Å². The molecule has 3 unspecified atom stereocenters. The zero-order chi connectivity index (χ0) is 13.4. The molecule has 0 radical (unpaired) electrons. The fraction of sp³-hybridized carbons (Fsp3) is 0.571. The molecule has 0 aromatic carbocycles. The van der Waals surface area contributed by atoms with Crippen molar-refractivity contribution in [3.05, 3.63) is 28.5 Å². The molecule has 2 aliphatic rings. The molecule has 0 saturated carbocycles. The van der Waals surface area contributed by atoms with Gasteiger partial charge in [0.1, 0.15) is 5.69 Å². The summed E-state index contributed by atoms with van der Waals surface area (Å²) in [5, 5.41) is 3.44. The van der Waals surface area contributed by atoms with Crippen molar-refractivity contribution >= 4 is 21.8 Å². The molecule has 0 aliphatic carbocycles. The van der Waals surface area contributed by atoms with Gasteiger partial charge in [0.05, 0.1) is 0 Å². The zero-order valence-corrected chi connectivity index (χ0v) is 12.6. The zero-order valence-electron chi connectivity index (χ0n) is 11.0. The Balaban J connectivity index is 1.86. The van der Waals surface area contributed by atoms with Crippen molar-refractivity contribution < 1.29 is 4.79 Å². The summed E-state index contributed by atoms with van der Waals surface area (Å²) in [5.74, 6) is 1.28. The fourth-order valence-corrected chi connectivity index (χ4v) is 3.88. The number of likely N-dealkylation sites (tertiary alicyclic amines) is 1. The number of aromatic nitrogens is 1. The number of rotatable bonds is 2. The predicted molar refractivity (Wildman–Crippen MR) is 76.9 cm³/mol. The predicted octanol–water partition coefficient (Wildman–Crippen LogP) is 1.91. The number of amides is 1. The van der Waals surface area contributed by atoms with Gasteiger partial charge in [-0.05, 0) is 46.3 Å². The summed E-state index contributed by atoms with van der Waals surface area (Å²) in [5.41, 5.74) is 0.536. The van der Waals surface area contributed by atoms with Crippen molar-refractivity contribution in [3.8, 4) is 0 Å². The molecule has 2 aliphatic heterocycles. The summed E-state index contributed by atoms with van der Waals surface area (Å²) in [4.78, 5) is 18.9. The second-order valence-corrected chi connectivity index (χ2v) is 6.20. The van der Waals surface area contributed by atoms with Crippen molar-refractivity contribution in [3.63, 3.8) is 0 Å². The fourth-order valence-electron chi connectivity index (χ4n) is 3.46. The van der Waals surface area contributed by atoms with Gasteiger partial charge in [0.25, 0.3) is 5.91 Å². The summed E-state index contributed by atoms with van der Waals surface area (Å²) in [6, 6.07) is 4.06. The molecule has 1 N–H and O–H groups in total. The van der Waals surface area contributed by atoms with Crippen LogP contribution in [0.5, 0.6) is 0 Å². The van der Waals surface area contributed by atoms with Gasteiger partial charge < -0.3 is 10.2 Å². The Morgan fingerprint density at radius 3 is 3.16 bits per heavy atom. The maximum atomic E-state index is 12.7. The first-order valence-corrected chi connectivity index (χ1v) is 7.64. The largest absolute Gasteiger partial charge is 0.334 e. The lowest BCUT2D eigenvalue weighted by Gasteiger charge is -2.26. The summed E-state index contributed by atoms with van der Waals surface area (Å²) in [6.07, 6.45) is 2.69. The number of fused-ring (bicyclic) bond motifs is 1. The minimum Gasteiger partial charge on any atom is -0.334 e. The molecule has 1 aromatic rings. The standard InChI is InChI=1S/C14H18BrN3O/c1-2-12-10-7-16-6-9(10)8-18(12)14(19)13-11(15)4-3-5-17-13/h3-5,9-10,12,16H,2,6-8H2,1H3. The van der Waals surface area contributed by atoms with E-state index in [1.807, 2.05) is 17.0 Å². The maximum absolute atomic E-state index is 12.7. The Morgan fingerprint density at radius 1 is 1.58 bits per heavy atom. The van der Waals surface area contributed by atoms with Crippen LogP contribution in [0.3, 0.4) is 0 Å². The van der Waals surface area contributed by atoms with E-state index in [0.717, 1.165) is 30.5 Å². The Labute approximate surface area is 121 Å². The number of pyridine rings is 1. The quantitative estimate of drug-likeness (QED) is 0.904. The third-order valence-electron chi connectivity index (χ3n) is 4.36. The molecular weight excluding hydrogens is 306 g/mol. The molecule has 1 aromatic heterocycles. The Hall–Kier alpha value is -0.940. The molecule has 0 spiro atoms. The Morgan fingerprint density at radius 2 is 2.42 bits per heavy atom. The highest BCUT2D eigenvalue weighted by atomic mass is 79.9. The minimum absolute atomic E-state index is 0.0636. The van der Waals surface area contributed by atoms with Gasteiger partial charge >= 0.3 is 0 Å². The maximum Gasteiger partial charge on any atom is 0.273 e. The van der Waals surface area contributed by atoms with E-state index in [1.165, 1.54) is 0 Å². The lowest BCUT2D eigenvalue weighted by atomic mass is 9.93. The van der Waals surface area contributed by atoms with Gasteiger partial charge in [-0.25, -0.2) is 4.98 Å². The van der Waals surface area contributed by atoms with Crippen LogP contribution in [0, 0.1) is 11.8 Å². The van der Waals surface area contributed by atoms with Crippen LogP contribution < -0.4 is 5.32 Å². The van der Waals surface area contributed by atoms with Crippen molar-refractivity contribution in [2.75, 3.05) is 19.6 Å². The van der Waals surface area contributed by atoms with E-state index in [0.29, 0.717) is 23.6 Å². The third kappa shape index (κ3) is 2.19. The first-order chi connectivity index (χ1) is 9.22. The SMILES string of the molecule is CCC1C2CNCC2CN1C(=O)c1ncccc1Br. The third-order valence-corrected chi connectivity index (χ3v) is 5.00. The normalized spacial score (nSPS) is 29.6. The van der Waals surface area contributed by atoms with Crippen LogP contribution >= 0.6 is 15.9 Å². The van der Waals surface area contributed by atoms with E-state index in [1.54, 1.807) is 6.20 Å². The van der Waals surface area contributed by atoms with Crippen LogP contribution in [-0.2, 0) is 0 Å². The highest BCUT2D eigenvalue weighted by Crippen LogP contribution is 2.35. The average Bonchev–Trinajstić information content (AvgIpc) is 2.98. The number of hydrogen-bond acceptors (Lipinski definition) is 3. The second kappa shape index (κ2) is 5.21. The molecule has 0 bridgehead atoms. The number of carbonyl (C=O) groups excluding carboxylic acids is 1. The van der Waals surface area contributed by atoms with Gasteiger partial charge in [0, 0.05) is 36.3 Å². The lowest BCUT2D eigenvalue weighted by molar-refractivity contribution is 0.0704. The van der Waals surface area contributed by atoms with Crippen LogP contribution in [0.1, 0.15) is 23.8 Å². The van der Waals surface area contributed by atoms with Crippen LogP contribution in [0.4, 0.5) is 0 Å². The summed E-state index contributed by atoms with van der Waals surface area (Å²) < 4.78 is 0.782. The van der Waals surface area contributed by atoms with E-state index < -0.39 is 0 Å². The molecule has 1 amide bonds. The molecule has 2 fully saturated rings. The highest BCUT2D eigenvalue weighted by molar-refractivity contribution is 9.10. The molecule has 2 saturated heterocycles. The molecule has 102 valence electrons. The van der Waals surface area contributed by atoms with Crippen molar-refractivity contribution in [1.29, 1.82) is 0 Å². The number of halogens is 1. The van der Waals surface area contributed by atoms with E-state index in [-0.39, 0.29) is 5.91 Å². The first-order valence-electron chi connectivity index (χ1n) is 6.84. The van der Waals surface area contributed by atoms with Gasteiger partial charge in [-0.3, -0.25) is 4.79 Å². The van der Waals surface area contributed by atoms with E-state index in [4.69, 9.17) is 0 Å². The van der Waals surface area contributed by atoms with Crippen LogP contribution in [0.2, 0.25) is 0 Å². The topological polar surface area (TPSA) is 45.2 Å². The summed E-state index contributed by atoms with van der Waals surface area (Å²) in [6.45, 7) is 5.10. The monoisotopic (exact) mass is 323 g/mol. The van der Waals surface area contributed by atoms with Gasteiger partial charge in [-0.1, -0.05) is 6.92 Å². The van der Waals surface area contributed by atoms with Crippen LogP contribution in [-0.4, -0.2) is 41.5 Å². The average molecular weight is 324 g/mol. The van der Waals surface area contributed by atoms with Gasteiger partial charge in [-0.2, -0.15) is 0 Å². The summed E-state index contributed by atoms with van der Waals surface area (Å²) in [7, 11) is 0. The van der Waals surface area contributed by atoms with E-state index in [9.17, 15) is 4.79 Å². The number of carbonyl (C=O) groups is 1. The van der Waals surface area contributed by atoms with E-state index >= 15 is 0 Å². The van der Waals surface area contributed by atoms with Gasteiger partial charge in [-0.15, -0.1) is 0 Å². The number of hydrogen-bond donors (Lipinski definition) is 1. The van der Waals surface area contributed by atoms with Crippen molar-refractivity contribution in [2.45, 2.75) is 19.4 Å². The number of nitrogens with zero attached hydrogens (tertiary/aromatic N) is 2. The molecule has 19 heavy (non-hydrogen) atoms. The lowest BCUT2D eigenvalue weighted by Crippen LogP contribution is -2.40. The molecule has 3 atom stereocenters. The van der Waals surface area contributed by atoms with Crippen molar-refractivity contribution in [1.82, 2.24) is 15.2 Å².